The van der Waals surface area contributed by atoms with Crippen LogP contribution in [0.3, 0.4) is 0 Å². The van der Waals surface area contributed by atoms with Gasteiger partial charge in [-0.2, -0.15) is 0 Å². The van der Waals surface area contributed by atoms with Crippen LogP contribution in [-0.4, -0.2) is 0 Å². The first-order chi connectivity index (χ1) is 7.07. The van der Waals surface area contributed by atoms with E-state index in [-0.39, 0.29) is 0 Å². The molecule has 1 unspecified atom stereocenters. The predicted octanol–water partition coefficient (Wildman–Crippen LogP) is 4.19. The van der Waals surface area contributed by atoms with Gasteiger partial charge in [0.2, 0.25) is 0 Å². The molecule has 0 nitrogen and oxygen atoms in total. The van der Waals surface area contributed by atoms with Gasteiger partial charge in [-0.15, -0.1) is 0 Å². The van der Waals surface area contributed by atoms with Crippen LogP contribution in [0.15, 0.2) is 24.3 Å². The van der Waals surface area contributed by atoms with Gasteiger partial charge in [-0.1, -0.05) is 45.1 Å². The molecule has 0 saturated heterocycles. The van der Waals surface area contributed by atoms with Crippen LogP contribution in [-0.2, 0) is 0 Å². The fraction of sp³-hybridized carbons (Fsp3) is 0.733. The molecule has 3 aliphatic carbocycles. The van der Waals surface area contributed by atoms with Crippen LogP contribution in [0.25, 0.3) is 0 Å². The second-order valence-corrected chi connectivity index (χ2v) is 6.52. The minimum absolute atomic E-state index is 0.520. The van der Waals surface area contributed by atoms with Gasteiger partial charge in [-0.3, -0.25) is 0 Å². The summed E-state index contributed by atoms with van der Waals surface area (Å²) in [6, 6.07) is 0. The highest BCUT2D eigenvalue weighted by molar-refractivity contribution is 5.26. The van der Waals surface area contributed by atoms with Crippen molar-refractivity contribution in [2.45, 2.75) is 40.0 Å². The highest BCUT2D eigenvalue weighted by Crippen LogP contribution is 2.67. The molecule has 0 N–H and O–H groups in total. The minimum atomic E-state index is 0.520. The molecule has 1 spiro atoms. The highest BCUT2D eigenvalue weighted by Gasteiger charge is 2.60. The van der Waals surface area contributed by atoms with Crippen molar-refractivity contribution in [3.05, 3.63) is 24.3 Å². The van der Waals surface area contributed by atoms with Crippen LogP contribution in [0.5, 0.6) is 0 Å². The van der Waals surface area contributed by atoms with E-state index in [1.165, 1.54) is 19.3 Å². The van der Waals surface area contributed by atoms with E-state index in [1.807, 2.05) is 0 Å². The summed E-state index contributed by atoms with van der Waals surface area (Å²) in [5, 5.41) is 0. The van der Waals surface area contributed by atoms with E-state index in [1.54, 1.807) is 0 Å². The van der Waals surface area contributed by atoms with E-state index in [4.69, 9.17) is 0 Å². The second-order valence-electron chi connectivity index (χ2n) is 6.52. The van der Waals surface area contributed by atoms with Crippen molar-refractivity contribution in [2.75, 3.05) is 0 Å². The zero-order valence-corrected chi connectivity index (χ0v) is 10.2. The zero-order valence-electron chi connectivity index (χ0n) is 10.2. The summed E-state index contributed by atoms with van der Waals surface area (Å²) >= 11 is 0. The molecule has 0 heteroatoms. The van der Waals surface area contributed by atoms with Crippen LogP contribution >= 0.6 is 0 Å². The molecular formula is C15H22. The lowest BCUT2D eigenvalue weighted by Gasteiger charge is -2.36. The Morgan fingerprint density at radius 2 is 1.93 bits per heavy atom. The molecule has 3 aliphatic rings. The van der Waals surface area contributed by atoms with Gasteiger partial charge in [0.05, 0.1) is 0 Å². The molecule has 0 radical (unpaired) electrons. The molecule has 0 amide bonds. The molecule has 2 bridgehead atoms. The average molecular weight is 202 g/mol. The SMILES string of the molecule is CC1CC[C@H]2C(C)(C)[C@@H]3C=CC=C[C@]12C3. The van der Waals surface area contributed by atoms with Gasteiger partial charge >= 0.3 is 0 Å². The molecule has 0 heterocycles. The normalized spacial score (nSPS) is 50.5. The van der Waals surface area contributed by atoms with Crippen molar-refractivity contribution in [3.8, 4) is 0 Å². The standard InChI is InChI=1S/C15H22/c1-11-7-8-13-14(2,3)12-6-4-5-9-15(11,13)10-12/h4-6,9,11-13H,7-8,10H2,1-3H3/t11?,12-,13+,15+/m1/s1. The summed E-state index contributed by atoms with van der Waals surface area (Å²) in [4.78, 5) is 0. The van der Waals surface area contributed by atoms with Crippen molar-refractivity contribution in [1.29, 1.82) is 0 Å². The number of fused-ring (bicyclic) bond motifs is 1. The maximum atomic E-state index is 2.54. The molecule has 0 aromatic heterocycles. The maximum absolute atomic E-state index is 2.54. The Morgan fingerprint density at radius 1 is 1.13 bits per heavy atom. The van der Waals surface area contributed by atoms with Gasteiger partial charge < -0.3 is 0 Å². The fourth-order valence-corrected chi connectivity index (χ4v) is 4.71. The summed E-state index contributed by atoms with van der Waals surface area (Å²) in [5.41, 5.74) is 1.06. The average Bonchev–Trinajstić information content (AvgIpc) is 2.49. The van der Waals surface area contributed by atoms with E-state index in [2.05, 4.69) is 45.1 Å². The Bertz CT molecular complexity index is 334. The highest BCUT2D eigenvalue weighted by atomic mass is 14.6. The zero-order chi connectivity index (χ0) is 10.7. The van der Waals surface area contributed by atoms with Gasteiger partial charge in [0.15, 0.2) is 0 Å². The molecule has 2 fully saturated rings. The Kier molecular flexibility index (Phi) is 1.80. The Hall–Kier alpha value is -0.520. The lowest BCUT2D eigenvalue weighted by molar-refractivity contribution is 0.165. The first kappa shape index (κ1) is 9.69. The van der Waals surface area contributed by atoms with Crippen LogP contribution in [0.1, 0.15) is 40.0 Å². The van der Waals surface area contributed by atoms with Crippen molar-refractivity contribution in [3.63, 3.8) is 0 Å². The Balaban J connectivity index is 2.12. The van der Waals surface area contributed by atoms with Crippen LogP contribution in [0.2, 0.25) is 0 Å². The van der Waals surface area contributed by atoms with E-state index in [9.17, 15) is 0 Å². The third-order valence-corrected chi connectivity index (χ3v) is 5.74. The smallest absolute Gasteiger partial charge is 0.00502 e. The lowest BCUT2D eigenvalue weighted by Crippen LogP contribution is -2.30. The third-order valence-electron chi connectivity index (χ3n) is 5.74. The van der Waals surface area contributed by atoms with Crippen LogP contribution in [0, 0.1) is 28.6 Å². The largest absolute Gasteiger partial charge is 0.0809 e. The molecule has 2 saturated carbocycles. The molecule has 15 heavy (non-hydrogen) atoms. The predicted molar refractivity (Wildman–Crippen MR) is 64.5 cm³/mol. The molecular weight excluding hydrogens is 180 g/mol. The van der Waals surface area contributed by atoms with E-state index in [0.717, 1.165) is 17.8 Å². The van der Waals surface area contributed by atoms with Crippen LogP contribution in [0.4, 0.5) is 0 Å². The Morgan fingerprint density at radius 3 is 2.73 bits per heavy atom. The fourth-order valence-electron chi connectivity index (χ4n) is 4.71. The van der Waals surface area contributed by atoms with E-state index in [0.29, 0.717) is 10.8 Å². The van der Waals surface area contributed by atoms with Gasteiger partial charge in [0, 0.05) is 0 Å². The van der Waals surface area contributed by atoms with Crippen molar-refractivity contribution in [1.82, 2.24) is 0 Å². The van der Waals surface area contributed by atoms with Gasteiger partial charge in [-0.05, 0) is 47.8 Å². The third kappa shape index (κ3) is 1.03. The van der Waals surface area contributed by atoms with Crippen LogP contribution < -0.4 is 0 Å². The maximum Gasteiger partial charge on any atom is -0.00502 e. The molecule has 0 aromatic rings. The first-order valence-electron chi connectivity index (χ1n) is 6.43. The van der Waals surface area contributed by atoms with Crippen molar-refractivity contribution < 1.29 is 0 Å². The molecule has 3 rings (SSSR count). The summed E-state index contributed by atoms with van der Waals surface area (Å²) in [7, 11) is 0. The quantitative estimate of drug-likeness (QED) is 0.552. The summed E-state index contributed by atoms with van der Waals surface area (Å²) in [5.74, 6) is 2.62. The van der Waals surface area contributed by atoms with Gasteiger partial charge in [0.25, 0.3) is 0 Å². The Labute approximate surface area is 93.5 Å². The first-order valence-corrected chi connectivity index (χ1v) is 6.43. The summed E-state index contributed by atoms with van der Waals surface area (Å²) < 4.78 is 0. The lowest BCUT2D eigenvalue weighted by atomic mass is 9.68. The van der Waals surface area contributed by atoms with Gasteiger partial charge in [-0.25, -0.2) is 0 Å². The monoisotopic (exact) mass is 202 g/mol. The van der Waals surface area contributed by atoms with Crippen molar-refractivity contribution >= 4 is 0 Å². The summed E-state index contributed by atoms with van der Waals surface area (Å²) in [6.45, 7) is 7.45. The molecule has 82 valence electrons. The molecule has 0 aliphatic heterocycles. The number of allylic oxidation sites excluding steroid dienone is 4. The molecule has 4 atom stereocenters. The minimum Gasteiger partial charge on any atom is -0.0809 e. The van der Waals surface area contributed by atoms with E-state index < -0.39 is 0 Å². The number of hydrogen-bond acceptors (Lipinski definition) is 0. The van der Waals surface area contributed by atoms with E-state index >= 15 is 0 Å². The molecule has 0 aromatic carbocycles. The topological polar surface area (TPSA) is 0 Å². The summed E-state index contributed by atoms with van der Waals surface area (Å²) in [6.07, 6.45) is 13.9. The van der Waals surface area contributed by atoms with Crippen molar-refractivity contribution in [2.24, 2.45) is 28.6 Å². The second kappa shape index (κ2) is 2.78. The number of hydrogen-bond donors (Lipinski definition) is 0. The number of rotatable bonds is 0. The van der Waals surface area contributed by atoms with Gasteiger partial charge in [0.1, 0.15) is 0 Å².